The molecule has 0 aromatic heterocycles. The molecule has 0 radical (unpaired) electrons. The summed E-state index contributed by atoms with van der Waals surface area (Å²) in [5, 5.41) is 21.1. The first kappa shape index (κ1) is 14.2. The summed E-state index contributed by atoms with van der Waals surface area (Å²) in [5.74, 6) is -0.351. The number of rotatable bonds is 5. The predicted octanol–water partition coefficient (Wildman–Crippen LogP) is 1.78. The highest BCUT2D eigenvalue weighted by Gasteiger charge is 2.32. The number of nitrogens with zero attached hydrogens (tertiary/aromatic N) is 1. The predicted molar refractivity (Wildman–Crippen MR) is 68.4 cm³/mol. The largest absolute Gasteiger partial charge is 0.394 e. The van der Waals surface area contributed by atoms with Gasteiger partial charge in [-0.05, 0) is 18.9 Å². The molecule has 1 rings (SSSR count). The molecule has 2 unspecified atom stereocenters. The van der Waals surface area contributed by atoms with Gasteiger partial charge >= 0.3 is 0 Å². The Balaban J connectivity index is 2.83. The molecule has 0 aliphatic heterocycles. The minimum Gasteiger partial charge on any atom is -0.394 e. The molecule has 0 aliphatic carbocycles. The van der Waals surface area contributed by atoms with Gasteiger partial charge in [-0.25, -0.2) is 0 Å². The van der Waals surface area contributed by atoms with E-state index in [1.165, 1.54) is 0 Å². The van der Waals surface area contributed by atoms with Crippen molar-refractivity contribution in [1.82, 2.24) is 5.32 Å². The minimum atomic E-state index is -1.05. The zero-order valence-electron chi connectivity index (χ0n) is 10.7. The first-order valence-corrected chi connectivity index (χ1v) is 5.95. The van der Waals surface area contributed by atoms with E-state index < -0.39 is 11.5 Å². The number of nitriles is 1. The number of nitrogens with one attached hydrogen (secondary N) is 1. The van der Waals surface area contributed by atoms with Crippen LogP contribution in [0.15, 0.2) is 30.3 Å². The minimum absolute atomic E-state index is 0.193. The summed E-state index contributed by atoms with van der Waals surface area (Å²) in [6.07, 6.45) is 0.433. The smallest absolute Gasteiger partial charge is 0.240 e. The fraction of sp³-hybridized carbons (Fsp3) is 0.429. The zero-order valence-corrected chi connectivity index (χ0v) is 10.7. The van der Waals surface area contributed by atoms with Crippen LogP contribution in [0.1, 0.15) is 31.9 Å². The Labute approximate surface area is 107 Å². The maximum absolute atomic E-state index is 12.0. The molecule has 0 saturated carbocycles. The molecule has 1 amide bonds. The first-order chi connectivity index (χ1) is 8.57. The van der Waals surface area contributed by atoms with Crippen molar-refractivity contribution < 1.29 is 9.90 Å². The number of carbonyl (C=O) groups is 1. The number of amides is 1. The molecule has 0 saturated heterocycles. The molecule has 2 N–H and O–H groups in total. The van der Waals surface area contributed by atoms with E-state index in [2.05, 4.69) is 5.32 Å². The van der Waals surface area contributed by atoms with Crippen molar-refractivity contribution in [2.75, 3.05) is 6.61 Å². The third-order valence-corrected chi connectivity index (χ3v) is 3.14. The first-order valence-electron chi connectivity index (χ1n) is 5.95. The fourth-order valence-electron chi connectivity index (χ4n) is 1.53. The number of benzene rings is 1. The SMILES string of the molecule is CCC(C)(C#N)C(=O)NC(CO)c1ccccc1. The summed E-state index contributed by atoms with van der Waals surface area (Å²) in [6.45, 7) is 3.20. The Kier molecular flexibility index (Phi) is 4.87. The van der Waals surface area contributed by atoms with Gasteiger partial charge in [0.15, 0.2) is 0 Å². The van der Waals surface area contributed by atoms with Gasteiger partial charge in [0, 0.05) is 0 Å². The van der Waals surface area contributed by atoms with Crippen LogP contribution in [-0.2, 0) is 4.79 Å². The highest BCUT2D eigenvalue weighted by Crippen LogP contribution is 2.22. The molecule has 18 heavy (non-hydrogen) atoms. The van der Waals surface area contributed by atoms with Gasteiger partial charge < -0.3 is 10.4 Å². The van der Waals surface area contributed by atoms with E-state index in [0.717, 1.165) is 5.56 Å². The van der Waals surface area contributed by atoms with E-state index in [9.17, 15) is 9.90 Å². The highest BCUT2D eigenvalue weighted by atomic mass is 16.3. The number of aliphatic hydroxyl groups excluding tert-OH is 1. The van der Waals surface area contributed by atoms with Crippen LogP contribution in [0, 0.1) is 16.7 Å². The molecule has 2 atom stereocenters. The average Bonchev–Trinajstić information content (AvgIpc) is 2.44. The van der Waals surface area contributed by atoms with Crippen LogP contribution < -0.4 is 5.32 Å². The van der Waals surface area contributed by atoms with Crippen molar-refractivity contribution in [2.24, 2.45) is 5.41 Å². The molecule has 0 aliphatic rings. The standard InChI is InChI=1S/C14H18N2O2/c1-3-14(2,10-15)13(18)16-12(9-17)11-7-5-4-6-8-11/h4-8,12,17H,3,9H2,1-2H3,(H,16,18). The molecule has 4 nitrogen and oxygen atoms in total. The summed E-state index contributed by atoms with van der Waals surface area (Å²) in [6, 6.07) is 10.7. The lowest BCUT2D eigenvalue weighted by Gasteiger charge is -2.23. The van der Waals surface area contributed by atoms with Crippen molar-refractivity contribution >= 4 is 5.91 Å². The van der Waals surface area contributed by atoms with Gasteiger partial charge in [0.2, 0.25) is 5.91 Å². The summed E-state index contributed by atoms with van der Waals surface area (Å²) in [7, 11) is 0. The van der Waals surface area contributed by atoms with Crippen molar-refractivity contribution in [1.29, 1.82) is 5.26 Å². The number of hydrogen-bond donors (Lipinski definition) is 2. The van der Waals surface area contributed by atoms with Crippen LogP contribution in [0.3, 0.4) is 0 Å². The fourth-order valence-corrected chi connectivity index (χ4v) is 1.53. The van der Waals surface area contributed by atoms with Crippen molar-refractivity contribution in [2.45, 2.75) is 26.3 Å². The third-order valence-electron chi connectivity index (χ3n) is 3.14. The molecule has 1 aromatic carbocycles. The lowest BCUT2D eigenvalue weighted by Crippen LogP contribution is -2.40. The van der Waals surface area contributed by atoms with Gasteiger partial charge in [-0.3, -0.25) is 4.79 Å². The van der Waals surface area contributed by atoms with Gasteiger partial charge in [0.1, 0.15) is 5.41 Å². The molecule has 0 heterocycles. The van der Waals surface area contributed by atoms with E-state index >= 15 is 0 Å². The second-order valence-electron chi connectivity index (χ2n) is 4.42. The second-order valence-corrected chi connectivity index (χ2v) is 4.42. The Morgan fingerprint density at radius 2 is 2.11 bits per heavy atom. The van der Waals surface area contributed by atoms with Crippen LogP contribution >= 0.6 is 0 Å². The molecule has 0 spiro atoms. The van der Waals surface area contributed by atoms with E-state index in [1.807, 2.05) is 36.4 Å². The summed E-state index contributed by atoms with van der Waals surface area (Å²) < 4.78 is 0. The number of hydrogen-bond acceptors (Lipinski definition) is 3. The Hall–Kier alpha value is -1.86. The lowest BCUT2D eigenvalue weighted by atomic mass is 9.88. The van der Waals surface area contributed by atoms with Crippen molar-refractivity contribution in [3.63, 3.8) is 0 Å². The summed E-state index contributed by atoms with van der Waals surface area (Å²) in [4.78, 5) is 12.0. The summed E-state index contributed by atoms with van der Waals surface area (Å²) in [5.41, 5.74) is -0.230. The molecule has 0 bridgehead atoms. The quantitative estimate of drug-likeness (QED) is 0.831. The van der Waals surface area contributed by atoms with Gasteiger partial charge in [-0.15, -0.1) is 0 Å². The second kappa shape index (κ2) is 6.18. The van der Waals surface area contributed by atoms with Crippen LogP contribution in [0.5, 0.6) is 0 Å². The third kappa shape index (κ3) is 3.08. The van der Waals surface area contributed by atoms with Crippen LogP contribution in [-0.4, -0.2) is 17.6 Å². The van der Waals surface area contributed by atoms with E-state index in [1.54, 1.807) is 13.8 Å². The van der Waals surface area contributed by atoms with Crippen molar-refractivity contribution in [3.05, 3.63) is 35.9 Å². The Morgan fingerprint density at radius 3 is 2.56 bits per heavy atom. The van der Waals surface area contributed by atoms with Crippen LogP contribution in [0.2, 0.25) is 0 Å². The normalized spacial score (nSPS) is 15.2. The zero-order chi connectivity index (χ0) is 13.6. The van der Waals surface area contributed by atoms with E-state index in [-0.39, 0.29) is 12.5 Å². The van der Waals surface area contributed by atoms with E-state index in [0.29, 0.717) is 6.42 Å². The maximum Gasteiger partial charge on any atom is 0.240 e. The maximum atomic E-state index is 12.0. The molecule has 4 heteroatoms. The molecular weight excluding hydrogens is 228 g/mol. The monoisotopic (exact) mass is 246 g/mol. The molecular formula is C14H18N2O2. The molecule has 0 fully saturated rings. The van der Waals surface area contributed by atoms with Gasteiger partial charge in [-0.1, -0.05) is 37.3 Å². The van der Waals surface area contributed by atoms with Gasteiger partial charge in [-0.2, -0.15) is 5.26 Å². The average molecular weight is 246 g/mol. The Morgan fingerprint density at radius 1 is 1.50 bits per heavy atom. The summed E-state index contributed by atoms with van der Waals surface area (Å²) >= 11 is 0. The van der Waals surface area contributed by atoms with Crippen molar-refractivity contribution in [3.8, 4) is 6.07 Å². The lowest BCUT2D eigenvalue weighted by molar-refractivity contribution is -0.128. The molecule has 1 aromatic rings. The topological polar surface area (TPSA) is 73.1 Å². The van der Waals surface area contributed by atoms with Gasteiger partial charge in [0.05, 0.1) is 18.7 Å². The molecule has 96 valence electrons. The van der Waals surface area contributed by atoms with E-state index in [4.69, 9.17) is 5.26 Å². The Bertz CT molecular complexity index is 439. The van der Waals surface area contributed by atoms with Crippen LogP contribution in [0.4, 0.5) is 0 Å². The van der Waals surface area contributed by atoms with Crippen LogP contribution in [0.25, 0.3) is 0 Å². The number of aliphatic hydroxyl groups is 1. The van der Waals surface area contributed by atoms with Gasteiger partial charge in [0.25, 0.3) is 0 Å². The highest BCUT2D eigenvalue weighted by molar-refractivity contribution is 5.85. The number of carbonyl (C=O) groups excluding carboxylic acids is 1.